The number of carboxylic acid groups (broad SMARTS) is 1. The summed E-state index contributed by atoms with van der Waals surface area (Å²) >= 11 is 3.39. The van der Waals surface area contributed by atoms with Crippen LogP contribution in [0.25, 0.3) is 16.7 Å². The van der Waals surface area contributed by atoms with Gasteiger partial charge in [-0.1, -0.05) is 6.07 Å². The van der Waals surface area contributed by atoms with E-state index in [1.54, 1.807) is 29.7 Å². The average Bonchev–Trinajstić information content (AvgIpc) is 2.77. The zero-order chi connectivity index (χ0) is 15.1. The maximum Gasteiger partial charge on any atom is 0.337 e. The third-order valence-electron chi connectivity index (χ3n) is 3.23. The molecule has 0 amide bonds. The molecule has 0 aliphatic carbocycles. The van der Waals surface area contributed by atoms with Crippen molar-refractivity contribution in [2.75, 3.05) is 0 Å². The summed E-state index contributed by atoms with van der Waals surface area (Å²) in [6.45, 7) is 1.75. The molecule has 0 unspecified atom stereocenters. The van der Waals surface area contributed by atoms with E-state index in [-0.39, 0.29) is 11.4 Å². The topological polar surface area (TPSA) is 55.1 Å². The molecular formula is C15H10BrFN2O2. The molecule has 0 atom stereocenters. The van der Waals surface area contributed by atoms with Crippen molar-refractivity contribution >= 4 is 32.9 Å². The summed E-state index contributed by atoms with van der Waals surface area (Å²) in [6, 6.07) is 9.26. The van der Waals surface area contributed by atoms with Crippen molar-refractivity contribution in [3.63, 3.8) is 0 Å². The number of halogens is 2. The van der Waals surface area contributed by atoms with Gasteiger partial charge in [0.2, 0.25) is 0 Å². The number of nitrogens with zero attached hydrogens (tertiary/aromatic N) is 2. The van der Waals surface area contributed by atoms with Crippen molar-refractivity contribution in [2.24, 2.45) is 0 Å². The van der Waals surface area contributed by atoms with Crippen LogP contribution in [0.2, 0.25) is 0 Å². The molecule has 106 valence electrons. The zero-order valence-electron chi connectivity index (χ0n) is 11.0. The standard InChI is InChI=1S/C15H10BrFN2O2/c1-8-18-14-10(15(20)21)3-2-4-12(14)19(8)13-7-9(17)5-6-11(13)16/h2-7H,1H3,(H,20,21). The Balaban J connectivity index is 2.38. The first-order valence-electron chi connectivity index (χ1n) is 6.16. The SMILES string of the molecule is Cc1nc2c(C(=O)O)cccc2n1-c1cc(F)ccc1Br. The minimum absolute atomic E-state index is 0.127. The van der Waals surface area contributed by atoms with Crippen LogP contribution in [0.3, 0.4) is 0 Å². The first kappa shape index (κ1) is 13.8. The molecule has 2 aromatic carbocycles. The monoisotopic (exact) mass is 348 g/mol. The van der Waals surface area contributed by atoms with Crippen molar-refractivity contribution in [2.45, 2.75) is 6.92 Å². The van der Waals surface area contributed by atoms with Gasteiger partial charge >= 0.3 is 5.97 Å². The number of carbonyl (C=O) groups is 1. The largest absolute Gasteiger partial charge is 0.478 e. The molecule has 0 bridgehead atoms. The molecule has 0 radical (unpaired) electrons. The van der Waals surface area contributed by atoms with Gasteiger partial charge in [0.15, 0.2) is 0 Å². The molecule has 0 saturated heterocycles. The van der Waals surface area contributed by atoms with Crippen LogP contribution < -0.4 is 0 Å². The molecule has 21 heavy (non-hydrogen) atoms. The molecule has 4 nitrogen and oxygen atoms in total. The Kier molecular flexibility index (Phi) is 3.25. The minimum atomic E-state index is -1.04. The Labute approximate surface area is 128 Å². The number of aromatic nitrogens is 2. The van der Waals surface area contributed by atoms with Crippen molar-refractivity contribution in [3.05, 3.63) is 58.1 Å². The van der Waals surface area contributed by atoms with Gasteiger partial charge in [0.25, 0.3) is 0 Å². The fourth-order valence-electron chi connectivity index (χ4n) is 2.35. The zero-order valence-corrected chi connectivity index (χ0v) is 12.6. The van der Waals surface area contributed by atoms with Gasteiger partial charge in [-0.2, -0.15) is 0 Å². The van der Waals surface area contributed by atoms with E-state index in [0.29, 0.717) is 27.0 Å². The van der Waals surface area contributed by atoms with Gasteiger partial charge in [0.05, 0.1) is 16.8 Å². The summed E-state index contributed by atoms with van der Waals surface area (Å²) in [5.74, 6) is -0.822. The predicted octanol–water partition coefficient (Wildman–Crippen LogP) is 3.93. The molecule has 1 heterocycles. The van der Waals surface area contributed by atoms with Gasteiger partial charge in [-0.15, -0.1) is 0 Å². The second-order valence-corrected chi connectivity index (χ2v) is 5.42. The summed E-state index contributed by atoms with van der Waals surface area (Å²) in [7, 11) is 0. The first-order valence-corrected chi connectivity index (χ1v) is 6.95. The van der Waals surface area contributed by atoms with Crippen LogP contribution in [-0.2, 0) is 0 Å². The number of carboxylic acids is 1. The summed E-state index contributed by atoms with van der Waals surface area (Å²) in [5, 5.41) is 9.23. The van der Waals surface area contributed by atoms with Gasteiger partial charge < -0.3 is 5.11 Å². The number of imidazole rings is 1. The Bertz CT molecular complexity index is 873. The Morgan fingerprint density at radius 3 is 2.81 bits per heavy atom. The average molecular weight is 349 g/mol. The number of hydrogen-bond donors (Lipinski definition) is 1. The van der Waals surface area contributed by atoms with E-state index >= 15 is 0 Å². The Morgan fingerprint density at radius 1 is 1.33 bits per heavy atom. The molecule has 1 N–H and O–H groups in total. The lowest BCUT2D eigenvalue weighted by Gasteiger charge is -2.09. The lowest BCUT2D eigenvalue weighted by atomic mass is 10.2. The number of hydrogen-bond acceptors (Lipinski definition) is 2. The van der Waals surface area contributed by atoms with Crippen molar-refractivity contribution in [3.8, 4) is 5.69 Å². The molecule has 3 rings (SSSR count). The smallest absolute Gasteiger partial charge is 0.337 e. The van der Waals surface area contributed by atoms with E-state index in [9.17, 15) is 14.3 Å². The molecule has 0 aliphatic rings. The van der Waals surface area contributed by atoms with Crippen LogP contribution in [0.1, 0.15) is 16.2 Å². The lowest BCUT2D eigenvalue weighted by Crippen LogP contribution is -2.00. The number of aryl methyl sites for hydroxylation is 1. The quantitative estimate of drug-likeness (QED) is 0.763. The van der Waals surface area contributed by atoms with Gasteiger partial charge in [-0.25, -0.2) is 14.2 Å². The molecule has 0 fully saturated rings. The maximum atomic E-state index is 13.5. The molecule has 0 aliphatic heterocycles. The Morgan fingerprint density at radius 2 is 2.10 bits per heavy atom. The molecule has 0 saturated carbocycles. The highest BCUT2D eigenvalue weighted by Gasteiger charge is 2.17. The van der Waals surface area contributed by atoms with Gasteiger partial charge in [0.1, 0.15) is 17.2 Å². The van der Waals surface area contributed by atoms with E-state index in [1.807, 2.05) is 0 Å². The van der Waals surface area contributed by atoms with E-state index in [2.05, 4.69) is 20.9 Å². The second kappa shape index (κ2) is 4.96. The molecule has 0 spiro atoms. The van der Waals surface area contributed by atoms with Gasteiger partial charge in [-0.3, -0.25) is 4.57 Å². The summed E-state index contributed by atoms with van der Waals surface area (Å²) in [6.07, 6.45) is 0. The summed E-state index contributed by atoms with van der Waals surface area (Å²) < 4.78 is 16.0. The number of fused-ring (bicyclic) bond motifs is 1. The number of aromatic carboxylic acids is 1. The highest BCUT2D eigenvalue weighted by Crippen LogP contribution is 2.29. The number of benzene rings is 2. The Hall–Kier alpha value is -2.21. The van der Waals surface area contributed by atoms with E-state index < -0.39 is 5.97 Å². The van der Waals surface area contributed by atoms with Crippen LogP contribution in [-0.4, -0.2) is 20.6 Å². The van der Waals surface area contributed by atoms with E-state index in [0.717, 1.165) is 0 Å². The first-order chi connectivity index (χ1) is 9.99. The van der Waals surface area contributed by atoms with Crippen LogP contribution >= 0.6 is 15.9 Å². The number of rotatable bonds is 2. The van der Waals surface area contributed by atoms with Crippen LogP contribution in [0.4, 0.5) is 4.39 Å². The van der Waals surface area contributed by atoms with Crippen LogP contribution in [0, 0.1) is 12.7 Å². The van der Waals surface area contributed by atoms with E-state index in [4.69, 9.17) is 0 Å². The molecular weight excluding hydrogens is 339 g/mol. The fraction of sp³-hybridized carbons (Fsp3) is 0.0667. The second-order valence-electron chi connectivity index (χ2n) is 4.57. The number of para-hydroxylation sites is 1. The van der Waals surface area contributed by atoms with Crippen LogP contribution in [0.15, 0.2) is 40.9 Å². The summed E-state index contributed by atoms with van der Waals surface area (Å²) in [5.41, 5.74) is 1.72. The molecule has 3 aromatic rings. The van der Waals surface area contributed by atoms with Crippen molar-refractivity contribution < 1.29 is 14.3 Å². The van der Waals surface area contributed by atoms with Gasteiger partial charge in [0, 0.05) is 4.47 Å². The highest BCUT2D eigenvalue weighted by atomic mass is 79.9. The fourth-order valence-corrected chi connectivity index (χ4v) is 2.77. The molecule has 6 heteroatoms. The maximum absolute atomic E-state index is 13.5. The highest BCUT2D eigenvalue weighted by molar-refractivity contribution is 9.10. The van der Waals surface area contributed by atoms with E-state index in [1.165, 1.54) is 18.2 Å². The van der Waals surface area contributed by atoms with Crippen molar-refractivity contribution in [1.82, 2.24) is 9.55 Å². The van der Waals surface area contributed by atoms with Crippen LogP contribution in [0.5, 0.6) is 0 Å². The predicted molar refractivity (Wildman–Crippen MR) is 80.4 cm³/mol. The summed E-state index contributed by atoms with van der Waals surface area (Å²) in [4.78, 5) is 15.6. The minimum Gasteiger partial charge on any atom is -0.478 e. The molecule has 1 aromatic heterocycles. The van der Waals surface area contributed by atoms with Crippen molar-refractivity contribution in [1.29, 1.82) is 0 Å². The third-order valence-corrected chi connectivity index (χ3v) is 3.90. The normalized spacial score (nSPS) is 11.0. The third kappa shape index (κ3) is 2.21. The van der Waals surface area contributed by atoms with Gasteiger partial charge in [-0.05, 0) is 53.2 Å². The lowest BCUT2D eigenvalue weighted by molar-refractivity contribution is 0.0699.